The van der Waals surface area contributed by atoms with Gasteiger partial charge in [-0.15, -0.1) is 5.10 Å². The minimum absolute atomic E-state index is 0.614. The molecule has 0 N–H and O–H groups in total. The highest BCUT2D eigenvalue weighted by Gasteiger charge is 2.24. The van der Waals surface area contributed by atoms with Crippen LogP contribution in [0.5, 0.6) is 0 Å². The monoisotopic (exact) mass is 289 g/mol. The fourth-order valence-electron chi connectivity index (χ4n) is 3.66. The topological polar surface area (TPSA) is 45.2 Å². The molecule has 21 heavy (non-hydrogen) atoms. The average molecular weight is 289 g/mol. The number of hydrogen-bond donors (Lipinski definition) is 0. The highest BCUT2D eigenvalue weighted by Crippen LogP contribution is 2.26. The molecule has 3 heterocycles. The van der Waals surface area contributed by atoms with Crippen LogP contribution in [0.1, 0.15) is 52.4 Å². The van der Waals surface area contributed by atoms with Gasteiger partial charge in [0.15, 0.2) is 5.82 Å². The van der Waals surface area contributed by atoms with Gasteiger partial charge in [-0.3, -0.25) is 0 Å². The van der Waals surface area contributed by atoms with Gasteiger partial charge in [0.2, 0.25) is 5.95 Å². The van der Waals surface area contributed by atoms with Crippen molar-refractivity contribution in [2.45, 2.75) is 58.4 Å². The lowest BCUT2D eigenvalue weighted by atomic mass is 10.0. The van der Waals surface area contributed by atoms with Gasteiger partial charge in [0, 0.05) is 25.7 Å². The van der Waals surface area contributed by atoms with Crippen LogP contribution in [0.25, 0.3) is 0 Å². The molecule has 3 rings (SSSR count). The van der Waals surface area contributed by atoms with E-state index in [1.165, 1.54) is 38.5 Å². The van der Waals surface area contributed by atoms with E-state index in [-0.39, 0.29) is 0 Å². The molecule has 0 amide bonds. The summed E-state index contributed by atoms with van der Waals surface area (Å²) in [5, 5.41) is 8.51. The Kier molecular flexibility index (Phi) is 4.56. The first-order chi connectivity index (χ1) is 10.3. The zero-order valence-corrected chi connectivity index (χ0v) is 13.3. The van der Waals surface area contributed by atoms with Crippen molar-refractivity contribution in [1.29, 1.82) is 0 Å². The normalized spacial score (nSPS) is 27.0. The van der Waals surface area contributed by atoms with Crippen molar-refractivity contribution in [3.63, 3.8) is 0 Å². The molecule has 2 fully saturated rings. The van der Waals surface area contributed by atoms with Crippen LogP contribution < -0.4 is 9.80 Å². The van der Waals surface area contributed by atoms with Gasteiger partial charge >= 0.3 is 0 Å². The van der Waals surface area contributed by atoms with E-state index in [1.807, 2.05) is 6.20 Å². The largest absolute Gasteiger partial charge is 0.352 e. The fraction of sp³-hybridized carbons (Fsp3) is 0.812. The minimum atomic E-state index is 0.614. The van der Waals surface area contributed by atoms with Gasteiger partial charge in [0.1, 0.15) is 0 Å². The minimum Gasteiger partial charge on any atom is -0.352 e. The van der Waals surface area contributed by atoms with E-state index >= 15 is 0 Å². The number of rotatable bonds is 3. The second-order valence-electron chi connectivity index (χ2n) is 6.56. The molecule has 0 bridgehead atoms. The predicted molar refractivity (Wildman–Crippen MR) is 85.7 cm³/mol. The lowest BCUT2D eigenvalue weighted by molar-refractivity contribution is 0.436. The van der Waals surface area contributed by atoms with Crippen molar-refractivity contribution in [3.8, 4) is 0 Å². The Balaban J connectivity index is 1.78. The Bertz CT molecular complexity index is 464. The van der Waals surface area contributed by atoms with E-state index in [1.54, 1.807) is 0 Å². The van der Waals surface area contributed by atoms with E-state index < -0.39 is 0 Å². The van der Waals surface area contributed by atoms with Gasteiger partial charge < -0.3 is 9.80 Å². The molecule has 1 aromatic heterocycles. The summed E-state index contributed by atoms with van der Waals surface area (Å²) >= 11 is 0. The molecule has 0 aromatic carbocycles. The molecule has 5 nitrogen and oxygen atoms in total. The molecule has 2 unspecified atom stereocenters. The molecule has 2 atom stereocenters. The summed E-state index contributed by atoms with van der Waals surface area (Å²) in [6, 6.07) is 0.614. The third-order valence-electron chi connectivity index (χ3n) is 4.87. The quantitative estimate of drug-likeness (QED) is 0.856. The summed E-state index contributed by atoms with van der Waals surface area (Å²) in [5.41, 5.74) is 0. The predicted octanol–water partition coefficient (Wildman–Crippen LogP) is 2.88. The Hall–Kier alpha value is -1.39. The first-order valence-corrected chi connectivity index (χ1v) is 8.49. The summed E-state index contributed by atoms with van der Waals surface area (Å²) < 4.78 is 0. The van der Waals surface area contributed by atoms with Crippen LogP contribution in [-0.2, 0) is 0 Å². The summed E-state index contributed by atoms with van der Waals surface area (Å²) in [6.45, 7) is 7.80. The van der Waals surface area contributed by atoms with Gasteiger partial charge in [-0.25, -0.2) is 0 Å². The van der Waals surface area contributed by atoms with Gasteiger partial charge in [-0.05, 0) is 44.4 Å². The van der Waals surface area contributed by atoms with Crippen LogP contribution in [0.2, 0.25) is 0 Å². The standard InChI is InChI=1S/C16H27N5/c1-3-14-8-4-5-10-21(14)15-11-17-19-16(18-15)20-9-6-7-13(2)12-20/h11,13-14H,3-10,12H2,1-2H3. The number of nitrogens with zero attached hydrogens (tertiary/aromatic N) is 5. The Labute approximate surface area is 127 Å². The zero-order chi connectivity index (χ0) is 14.7. The maximum absolute atomic E-state index is 4.83. The molecular weight excluding hydrogens is 262 g/mol. The number of piperidine rings is 2. The second-order valence-corrected chi connectivity index (χ2v) is 6.56. The molecule has 2 aliphatic rings. The number of hydrogen-bond acceptors (Lipinski definition) is 5. The van der Waals surface area contributed by atoms with Gasteiger partial charge in [0.05, 0.1) is 6.20 Å². The third-order valence-corrected chi connectivity index (χ3v) is 4.87. The third kappa shape index (κ3) is 3.27. The second kappa shape index (κ2) is 6.58. The van der Waals surface area contributed by atoms with Crippen molar-refractivity contribution >= 4 is 11.8 Å². The number of aromatic nitrogens is 3. The molecular formula is C16H27N5. The Morgan fingerprint density at radius 2 is 2.10 bits per heavy atom. The van der Waals surface area contributed by atoms with Crippen molar-refractivity contribution in [1.82, 2.24) is 15.2 Å². The molecule has 0 aliphatic carbocycles. The molecule has 0 radical (unpaired) electrons. The van der Waals surface area contributed by atoms with Crippen LogP contribution >= 0.6 is 0 Å². The van der Waals surface area contributed by atoms with Crippen LogP contribution in [0.4, 0.5) is 11.8 Å². The van der Waals surface area contributed by atoms with Crippen LogP contribution in [-0.4, -0.2) is 40.9 Å². The van der Waals surface area contributed by atoms with E-state index in [0.717, 1.165) is 37.3 Å². The van der Waals surface area contributed by atoms with Crippen molar-refractivity contribution in [2.75, 3.05) is 29.4 Å². The van der Waals surface area contributed by atoms with Crippen LogP contribution in [0.15, 0.2) is 6.20 Å². The summed E-state index contributed by atoms with van der Waals surface area (Å²) in [7, 11) is 0. The smallest absolute Gasteiger partial charge is 0.247 e. The van der Waals surface area contributed by atoms with E-state index in [2.05, 4.69) is 33.8 Å². The molecule has 0 saturated carbocycles. The SMILES string of the molecule is CCC1CCCCN1c1cnnc(N2CCCC(C)C2)n1. The van der Waals surface area contributed by atoms with Gasteiger partial charge in [-0.2, -0.15) is 10.1 Å². The van der Waals surface area contributed by atoms with Crippen molar-refractivity contribution in [2.24, 2.45) is 5.92 Å². The summed E-state index contributed by atoms with van der Waals surface area (Å²) in [4.78, 5) is 9.57. The first-order valence-electron chi connectivity index (χ1n) is 8.49. The number of anilines is 2. The zero-order valence-electron chi connectivity index (χ0n) is 13.3. The van der Waals surface area contributed by atoms with Gasteiger partial charge in [0.25, 0.3) is 0 Å². The maximum atomic E-state index is 4.83. The van der Waals surface area contributed by atoms with E-state index in [0.29, 0.717) is 6.04 Å². The van der Waals surface area contributed by atoms with E-state index in [4.69, 9.17) is 4.98 Å². The van der Waals surface area contributed by atoms with Crippen LogP contribution in [0, 0.1) is 5.92 Å². The molecule has 2 aliphatic heterocycles. The molecule has 5 heteroatoms. The Morgan fingerprint density at radius 3 is 2.90 bits per heavy atom. The molecule has 0 spiro atoms. The molecule has 1 aromatic rings. The maximum Gasteiger partial charge on any atom is 0.247 e. The molecule has 116 valence electrons. The first kappa shape index (κ1) is 14.5. The highest BCUT2D eigenvalue weighted by molar-refractivity contribution is 5.43. The van der Waals surface area contributed by atoms with Crippen molar-refractivity contribution in [3.05, 3.63) is 6.20 Å². The fourth-order valence-corrected chi connectivity index (χ4v) is 3.66. The van der Waals surface area contributed by atoms with E-state index in [9.17, 15) is 0 Å². The molecule has 2 saturated heterocycles. The highest BCUT2D eigenvalue weighted by atomic mass is 15.4. The summed E-state index contributed by atoms with van der Waals surface area (Å²) in [5.74, 6) is 2.56. The van der Waals surface area contributed by atoms with Crippen molar-refractivity contribution < 1.29 is 0 Å². The van der Waals surface area contributed by atoms with Crippen LogP contribution in [0.3, 0.4) is 0 Å². The average Bonchev–Trinajstić information content (AvgIpc) is 2.55. The Morgan fingerprint density at radius 1 is 1.19 bits per heavy atom. The van der Waals surface area contributed by atoms with Gasteiger partial charge in [-0.1, -0.05) is 13.8 Å². The summed E-state index contributed by atoms with van der Waals surface area (Å²) in [6.07, 6.45) is 9.44. The lowest BCUT2D eigenvalue weighted by Crippen LogP contribution is -2.40. The lowest BCUT2D eigenvalue weighted by Gasteiger charge is -2.36.